The molecule has 0 aromatic heterocycles. The second kappa shape index (κ2) is 5.95. The Morgan fingerprint density at radius 2 is 2.00 bits per heavy atom. The minimum absolute atomic E-state index is 0.0239. The second-order valence-corrected chi connectivity index (χ2v) is 5.84. The van der Waals surface area contributed by atoms with E-state index in [0.717, 1.165) is 21.3 Å². The monoisotopic (exact) mass is 339 g/mol. The zero-order chi connectivity index (χ0) is 14.9. The summed E-state index contributed by atoms with van der Waals surface area (Å²) in [5.41, 5.74) is 3.00. The quantitative estimate of drug-likeness (QED) is 0.795. The van der Waals surface area contributed by atoms with Gasteiger partial charge >= 0.3 is 5.97 Å². The number of hydrogen-bond donors (Lipinski definition) is 0. The van der Waals surface area contributed by atoms with Crippen molar-refractivity contribution in [2.24, 2.45) is 5.92 Å². The fraction of sp³-hybridized carbons (Fsp3) is 0.467. The number of rotatable bonds is 3. The van der Waals surface area contributed by atoms with E-state index in [9.17, 15) is 9.59 Å². The summed E-state index contributed by atoms with van der Waals surface area (Å²) < 4.78 is 6.05. The van der Waals surface area contributed by atoms with Crippen molar-refractivity contribution in [1.82, 2.24) is 0 Å². The molecule has 1 aromatic carbocycles. The summed E-state index contributed by atoms with van der Waals surface area (Å²) in [4.78, 5) is 25.5. The van der Waals surface area contributed by atoms with Crippen molar-refractivity contribution >= 4 is 33.5 Å². The standard InChI is InChI=1S/C15H18BrNO3/c1-4-20-15(19)11-7-13(18)17(8-11)12-5-9(2)14(16)10(3)6-12/h5-6,11H,4,7-8H2,1-3H3/t11-/m0/s1. The van der Waals surface area contributed by atoms with E-state index in [1.165, 1.54) is 0 Å². The van der Waals surface area contributed by atoms with Crippen molar-refractivity contribution in [3.05, 3.63) is 27.7 Å². The second-order valence-electron chi connectivity index (χ2n) is 5.05. The van der Waals surface area contributed by atoms with Crippen LogP contribution >= 0.6 is 15.9 Å². The zero-order valence-corrected chi connectivity index (χ0v) is 13.5. The topological polar surface area (TPSA) is 46.6 Å². The minimum Gasteiger partial charge on any atom is -0.466 e. The summed E-state index contributed by atoms with van der Waals surface area (Å²) >= 11 is 3.52. The molecule has 1 amide bonds. The van der Waals surface area contributed by atoms with E-state index in [-0.39, 0.29) is 24.2 Å². The van der Waals surface area contributed by atoms with Crippen LogP contribution in [0.4, 0.5) is 5.69 Å². The van der Waals surface area contributed by atoms with E-state index in [0.29, 0.717) is 13.2 Å². The number of hydrogen-bond acceptors (Lipinski definition) is 3. The number of esters is 1. The summed E-state index contributed by atoms with van der Waals surface area (Å²) in [5.74, 6) is -0.662. The van der Waals surface area contributed by atoms with Gasteiger partial charge in [-0.05, 0) is 44.0 Å². The van der Waals surface area contributed by atoms with Crippen LogP contribution in [0.5, 0.6) is 0 Å². The molecule has 0 aliphatic carbocycles. The summed E-state index contributed by atoms with van der Waals surface area (Å²) in [6, 6.07) is 3.92. The Hall–Kier alpha value is -1.36. The molecule has 0 unspecified atom stereocenters. The van der Waals surface area contributed by atoms with Crippen LogP contribution in [0.15, 0.2) is 16.6 Å². The maximum atomic E-state index is 12.1. The van der Waals surface area contributed by atoms with Gasteiger partial charge in [-0.3, -0.25) is 9.59 Å². The van der Waals surface area contributed by atoms with Crippen LogP contribution < -0.4 is 4.90 Å². The van der Waals surface area contributed by atoms with Gasteiger partial charge in [0.15, 0.2) is 0 Å². The number of aryl methyl sites for hydroxylation is 2. The first-order chi connectivity index (χ1) is 9.43. The van der Waals surface area contributed by atoms with Gasteiger partial charge in [-0.2, -0.15) is 0 Å². The lowest BCUT2D eigenvalue weighted by Crippen LogP contribution is -2.26. The van der Waals surface area contributed by atoms with Crippen LogP contribution in [0.1, 0.15) is 24.5 Å². The molecule has 1 atom stereocenters. The van der Waals surface area contributed by atoms with E-state index < -0.39 is 0 Å². The molecule has 1 saturated heterocycles. The van der Waals surface area contributed by atoms with Crippen LogP contribution in [0.2, 0.25) is 0 Å². The van der Waals surface area contributed by atoms with Crippen molar-refractivity contribution in [2.75, 3.05) is 18.1 Å². The molecule has 4 nitrogen and oxygen atoms in total. The van der Waals surface area contributed by atoms with Crippen molar-refractivity contribution < 1.29 is 14.3 Å². The molecule has 0 spiro atoms. The summed E-state index contributed by atoms with van der Waals surface area (Å²) in [6.07, 6.45) is 0.229. The van der Waals surface area contributed by atoms with E-state index in [1.807, 2.05) is 26.0 Å². The molecule has 1 heterocycles. The molecule has 0 bridgehead atoms. The Labute approximate surface area is 127 Å². The average Bonchev–Trinajstić information content (AvgIpc) is 2.78. The lowest BCUT2D eigenvalue weighted by Gasteiger charge is -2.18. The van der Waals surface area contributed by atoms with Gasteiger partial charge in [0.25, 0.3) is 0 Å². The van der Waals surface area contributed by atoms with Crippen LogP contribution in [0, 0.1) is 19.8 Å². The number of anilines is 1. The van der Waals surface area contributed by atoms with Crippen molar-refractivity contribution in [3.8, 4) is 0 Å². The molecule has 108 valence electrons. The summed E-state index contributed by atoms with van der Waals surface area (Å²) in [5, 5.41) is 0. The third-order valence-electron chi connectivity index (χ3n) is 3.48. The number of carbonyl (C=O) groups is 2. The van der Waals surface area contributed by atoms with Gasteiger partial charge in [0.1, 0.15) is 0 Å². The molecule has 0 N–H and O–H groups in total. The highest BCUT2D eigenvalue weighted by Gasteiger charge is 2.36. The lowest BCUT2D eigenvalue weighted by molar-refractivity contribution is -0.147. The largest absolute Gasteiger partial charge is 0.466 e. The molecule has 0 saturated carbocycles. The van der Waals surface area contributed by atoms with E-state index >= 15 is 0 Å². The molecule has 0 radical (unpaired) electrons. The summed E-state index contributed by atoms with van der Waals surface area (Å²) in [6.45, 7) is 6.50. The van der Waals surface area contributed by atoms with Crippen LogP contribution in [-0.4, -0.2) is 25.0 Å². The van der Waals surface area contributed by atoms with Crippen LogP contribution in [0.3, 0.4) is 0 Å². The molecule has 5 heteroatoms. The Bertz CT molecular complexity index is 533. The molecule has 2 rings (SSSR count). The predicted octanol–water partition coefficient (Wildman–Crippen LogP) is 2.98. The minimum atomic E-state index is -0.355. The molecule has 1 fully saturated rings. The lowest BCUT2D eigenvalue weighted by atomic mass is 10.1. The van der Waals surface area contributed by atoms with Gasteiger partial charge in [-0.25, -0.2) is 0 Å². The summed E-state index contributed by atoms with van der Waals surface area (Å²) in [7, 11) is 0. The van der Waals surface area contributed by atoms with Gasteiger partial charge in [-0.15, -0.1) is 0 Å². The Balaban J connectivity index is 2.22. The molecular weight excluding hydrogens is 322 g/mol. The molecule has 1 aliphatic heterocycles. The highest BCUT2D eigenvalue weighted by molar-refractivity contribution is 9.10. The average molecular weight is 340 g/mol. The van der Waals surface area contributed by atoms with Crippen molar-refractivity contribution in [1.29, 1.82) is 0 Å². The first kappa shape index (κ1) is 15.0. The maximum absolute atomic E-state index is 12.1. The predicted molar refractivity (Wildman–Crippen MR) is 80.7 cm³/mol. The number of ether oxygens (including phenoxy) is 1. The smallest absolute Gasteiger partial charge is 0.311 e. The Morgan fingerprint density at radius 1 is 1.40 bits per heavy atom. The van der Waals surface area contributed by atoms with E-state index in [4.69, 9.17) is 4.74 Å². The number of halogens is 1. The fourth-order valence-corrected chi connectivity index (χ4v) is 2.68. The van der Waals surface area contributed by atoms with Gasteiger partial charge in [0.2, 0.25) is 5.91 Å². The van der Waals surface area contributed by atoms with E-state index in [2.05, 4.69) is 15.9 Å². The maximum Gasteiger partial charge on any atom is 0.311 e. The highest BCUT2D eigenvalue weighted by atomic mass is 79.9. The van der Waals surface area contributed by atoms with Crippen LogP contribution in [0.25, 0.3) is 0 Å². The van der Waals surface area contributed by atoms with Gasteiger partial charge in [0, 0.05) is 23.1 Å². The molecular formula is C15H18BrNO3. The highest BCUT2D eigenvalue weighted by Crippen LogP contribution is 2.31. The zero-order valence-electron chi connectivity index (χ0n) is 11.9. The van der Waals surface area contributed by atoms with Crippen molar-refractivity contribution in [2.45, 2.75) is 27.2 Å². The van der Waals surface area contributed by atoms with E-state index in [1.54, 1.807) is 11.8 Å². The molecule has 1 aromatic rings. The van der Waals surface area contributed by atoms with Gasteiger partial charge in [0.05, 0.1) is 12.5 Å². The number of amides is 1. The van der Waals surface area contributed by atoms with Gasteiger partial charge in [-0.1, -0.05) is 15.9 Å². The SMILES string of the molecule is CCOC(=O)[C@H]1CC(=O)N(c2cc(C)c(Br)c(C)c2)C1. The van der Waals surface area contributed by atoms with Crippen molar-refractivity contribution in [3.63, 3.8) is 0 Å². The Kier molecular flexibility index (Phi) is 4.48. The normalized spacial score (nSPS) is 18.5. The number of benzene rings is 1. The fourth-order valence-electron chi connectivity index (χ4n) is 2.45. The van der Waals surface area contributed by atoms with Gasteiger partial charge < -0.3 is 9.64 Å². The number of carbonyl (C=O) groups excluding carboxylic acids is 2. The Morgan fingerprint density at radius 3 is 2.55 bits per heavy atom. The number of nitrogens with zero attached hydrogens (tertiary/aromatic N) is 1. The van der Waals surface area contributed by atoms with Crippen LogP contribution in [-0.2, 0) is 14.3 Å². The third kappa shape index (κ3) is 2.87. The first-order valence-electron chi connectivity index (χ1n) is 6.67. The molecule has 1 aliphatic rings. The first-order valence-corrected chi connectivity index (χ1v) is 7.47. The third-order valence-corrected chi connectivity index (χ3v) is 4.73. The molecule has 20 heavy (non-hydrogen) atoms.